The standard InChI is InChI=1S/C28H32N2O12/c1-27(2)37-13-17(41-27)11-35-15-23(31)39-21-9-5-7-19-25(21)29(33)20-8-6-10-22(26(20)30(19)34)40-24(32)16-36-12-18-14-38-28(3,4)42-18/h5-10,17-18H,11-16H2,1-4H3. The Morgan fingerprint density at radius 1 is 0.881 bits per heavy atom. The molecule has 0 radical (unpaired) electrons. The molecule has 5 rings (SSSR count). The lowest BCUT2D eigenvalue weighted by Gasteiger charge is -2.18. The molecule has 0 amide bonds. The number of carbonyl (C=O) groups is 2. The first-order valence-corrected chi connectivity index (χ1v) is 13.3. The van der Waals surface area contributed by atoms with Gasteiger partial charge < -0.3 is 47.8 Å². The molecule has 2 aromatic carbocycles. The van der Waals surface area contributed by atoms with Gasteiger partial charge in [0, 0.05) is 11.0 Å². The van der Waals surface area contributed by atoms with Crippen molar-refractivity contribution in [3.8, 4) is 11.5 Å². The number of hydrogen-bond acceptors (Lipinski definition) is 12. The van der Waals surface area contributed by atoms with E-state index in [4.69, 9.17) is 37.9 Å². The molecule has 14 nitrogen and oxygen atoms in total. The molecule has 42 heavy (non-hydrogen) atoms. The van der Waals surface area contributed by atoms with E-state index in [1.54, 1.807) is 27.7 Å². The van der Waals surface area contributed by atoms with E-state index >= 15 is 0 Å². The van der Waals surface area contributed by atoms with Crippen LogP contribution in [0.4, 0.5) is 0 Å². The van der Waals surface area contributed by atoms with Crippen LogP contribution in [0.5, 0.6) is 11.5 Å². The fourth-order valence-electron chi connectivity index (χ4n) is 4.71. The third-order valence-corrected chi connectivity index (χ3v) is 6.43. The molecule has 3 heterocycles. The summed E-state index contributed by atoms with van der Waals surface area (Å²) < 4.78 is 44.6. The van der Waals surface area contributed by atoms with Gasteiger partial charge in [-0.15, -0.1) is 0 Å². The van der Waals surface area contributed by atoms with E-state index in [9.17, 15) is 19.7 Å². The van der Waals surface area contributed by atoms with Gasteiger partial charge in [-0.3, -0.25) is 0 Å². The van der Waals surface area contributed by atoms with Gasteiger partial charge in [0.1, 0.15) is 30.9 Å². The summed E-state index contributed by atoms with van der Waals surface area (Å²) in [5.41, 5.74) is -0.585. The van der Waals surface area contributed by atoms with E-state index in [-0.39, 0.29) is 59.0 Å². The number of fused-ring (bicyclic) bond motifs is 2. The molecule has 1 aromatic heterocycles. The number of rotatable bonds is 10. The van der Waals surface area contributed by atoms with Crippen molar-refractivity contribution in [1.29, 1.82) is 0 Å². The topological polar surface area (TPSA) is 159 Å². The smallest absolute Gasteiger partial charge is 0.337 e. The molecule has 2 fully saturated rings. The molecule has 14 heteroatoms. The molecule has 0 aliphatic carbocycles. The second-order valence-electron chi connectivity index (χ2n) is 10.7. The van der Waals surface area contributed by atoms with Crippen LogP contribution in [0.25, 0.3) is 22.1 Å². The van der Waals surface area contributed by atoms with Gasteiger partial charge in [-0.2, -0.15) is 0 Å². The van der Waals surface area contributed by atoms with Crippen LogP contribution in [0.2, 0.25) is 0 Å². The van der Waals surface area contributed by atoms with Crippen molar-refractivity contribution in [3.05, 3.63) is 46.5 Å². The number of esters is 2. The molecule has 2 aliphatic heterocycles. The summed E-state index contributed by atoms with van der Waals surface area (Å²) in [6.45, 7) is 7.13. The first kappa shape index (κ1) is 29.8. The highest BCUT2D eigenvalue weighted by molar-refractivity contribution is 5.92. The van der Waals surface area contributed by atoms with E-state index in [0.717, 1.165) is 0 Å². The molecular formula is C28H32N2O12. The zero-order chi connectivity index (χ0) is 30.1. The fourth-order valence-corrected chi connectivity index (χ4v) is 4.71. The van der Waals surface area contributed by atoms with E-state index in [1.165, 1.54) is 36.4 Å². The monoisotopic (exact) mass is 588 g/mol. The molecule has 0 saturated carbocycles. The highest BCUT2D eigenvalue weighted by atomic mass is 16.8. The average Bonchev–Trinajstić information content (AvgIpc) is 3.46. The number of para-hydroxylation sites is 2. The molecule has 2 unspecified atom stereocenters. The third kappa shape index (κ3) is 6.69. The van der Waals surface area contributed by atoms with Crippen LogP contribution in [-0.4, -0.2) is 80.1 Å². The van der Waals surface area contributed by atoms with Crippen molar-refractivity contribution in [3.63, 3.8) is 0 Å². The number of nitrogens with zero attached hydrogens (tertiary/aromatic N) is 2. The van der Waals surface area contributed by atoms with Crippen molar-refractivity contribution >= 4 is 34.0 Å². The first-order chi connectivity index (χ1) is 19.9. The van der Waals surface area contributed by atoms with Crippen LogP contribution < -0.4 is 13.9 Å². The fraction of sp³-hybridized carbons (Fsp3) is 0.500. The molecule has 2 atom stereocenters. The largest absolute Gasteiger partial charge is 0.805 e. The molecule has 0 N–H and O–H groups in total. The maximum Gasteiger partial charge on any atom is 0.337 e. The lowest BCUT2D eigenvalue weighted by Crippen LogP contribution is -2.27. The third-order valence-electron chi connectivity index (χ3n) is 6.43. The Balaban J connectivity index is 1.28. The minimum absolute atomic E-state index is 0.105. The lowest BCUT2D eigenvalue weighted by molar-refractivity contribution is -0.433. The van der Waals surface area contributed by atoms with Crippen LogP contribution in [0.1, 0.15) is 27.7 Å². The summed E-state index contributed by atoms with van der Waals surface area (Å²) in [4.78, 5) is 38.4. The van der Waals surface area contributed by atoms with Gasteiger partial charge in [-0.1, -0.05) is 12.1 Å². The van der Waals surface area contributed by atoms with E-state index in [1.807, 2.05) is 0 Å². The molecule has 2 saturated heterocycles. The predicted octanol–water partition coefficient (Wildman–Crippen LogP) is 2.20. The summed E-state index contributed by atoms with van der Waals surface area (Å²) in [5.74, 6) is -3.28. The van der Waals surface area contributed by atoms with Crippen LogP contribution in [0.3, 0.4) is 0 Å². The Morgan fingerprint density at radius 3 is 1.95 bits per heavy atom. The van der Waals surface area contributed by atoms with Crippen molar-refractivity contribution < 1.29 is 51.9 Å². The second-order valence-corrected chi connectivity index (χ2v) is 10.7. The minimum Gasteiger partial charge on any atom is -0.805 e. The van der Waals surface area contributed by atoms with Crippen LogP contribution in [0, 0.1) is 10.1 Å². The number of hydrogen-bond donors (Lipinski definition) is 0. The number of benzene rings is 2. The van der Waals surface area contributed by atoms with Gasteiger partial charge in [0.15, 0.2) is 22.8 Å². The molecule has 0 bridgehead atoms. The Hall–Kier alpha value is -3.66. The van der Waals surface area contributed by atoms with Crippen molar-refractivity contribution in [2.75, 3.05) is 39.6 Å². The number of aromatic nitrogens is 2. The minimum atomic E-state index is -0.779. The van der Waals surface area contributed by atoms with Gasteiger partial charge in [-0.05, 0) is 45.9 Å². The van der Waals surface area contributed by atoms with E-state index in [0.29, 0.717) is 22.4 Å². The summed E-state index contributed by atoms with van der Waals surface area (Å²) >= 11 is 0. The predicted molar refractivity (Wildman–Crippen MR) is 144 cm³/mol. The lowest BCUT2D eigenvalue weighted by atomic mass is 10.2. The van der Waals surface area contributed by atoms with Crippen LogP contribution >= 0.6 is 0 Å². The normalized spacial score (nSPS) is 21.1. The van der Waals surface area contributed by atoms with E-state index in [2.05, 4.69) is 0 Å². The van der Waals surface area contributed by atoms with Gasteiger partial charge >= 0.3 is 17.5 Å². The summed E-state index contributed by atoms with van der Waals surface area (Å²) in [6, 6.07) is 8.45. The molecule has 3 aromatic rings. The maximum atomic E-state index is 13.4. The summed E-state index contributed by atoms with van der Waals surface area (Å²) in [7, 11) is 0. The SMILES string of the molecule is CC1(C)OCC(COCC(=O)Oc2cccc3c2n([O-])c2cccc(OC(=O)COCC4COC(C)(C)O4)c2[n+]3=O)O1. The van der Waals surface area contributed by atoms with Gasteiger partial charge in [0.25, 0.3) is 5.52 Å². The quantitative estimate of drug-likeness (QED) is 0.147. The Bertz CT molecular complexity index is 1550. The summed E-state index contributed by atoms with van der Waals surface area (Å²) in [6.07, 6.45) is -0.670. The van der Waals surface area contributed by atoms with Gasteiger partial charge in [0.2, 0.25) is 5.75 Å². The number of carbonyl (C=O) groups excluding carboxylic acids is 2. The van der Waals surface area contributed by atoms with Crippen molar-refractivity contribution in [2.45, 2.75) is 51.5 Å². The highest BCUT2D eigenvalue weighted by Gasteiger charge is 2.34. The highest BCUT2D eigenvalue weighted by Crippen LogP contribution is 2.30. The molecule has 0 spiro atoms. The van der Waals surface area contributed by atoms with Crippen molar-refractivity contribution in [2.24, 2.45) is 0 Å². The Morgan fingerprint density at radius 2 is 1.40 bits per heavy atom. The van der Waals surface area contributed by atoms with Crippen LogP contribution in [-0.2, 0) is 38.0 Å². The summed E-state index contributed by atoms with van der Waals surface area (Å²) in [5, 5.41) is 13.4. The Labute approximate surface area is 240 Å². The van der Waals surface area contributed by atoms with Crippen molar-refractivity contribution in [1.82, 2.24) is 4.73 Å². The molecule has 2 aliphatic rings. The van der Waals surface area contributed by atoms with Gasteiger partial charge in [-0.25, -0.2) is 9.59 Å². The van der Waals surface area contributed by atoms with Gasteiger partial charge in [0.05, 0.1) is 30.9 Å². The molecular weight excluding hydrogens is 556 g/mol. The second kappa shape index (κ2) is 11.9. The Kier molecular flexibility index (Phi) is 8.46. The maximum absolute atomic E-state index is 13.4. The zero-order valence-electron chi connectivity index (χ0n) is 23.7. The first-order valence-electron chi connectivity index (χ1n) is 13.3. The van der Waals surface area contributed by atoms with Crippen LogP contribution in [0.15, 0.2) is 36.4 Å². The van der Waals surface area contributed by atoms with E-state index < -0.39 is 36.7 Å². The zero-order valence-corrected chi connectivity index (χ0v) is 23.7. The molecule has 226 valence electrons. The number of ether oxygens (including phenoxy) is 8. The average molecular weight is 589 g/mol.